The highest BCUT2D eigenvalue weighted by atomic mass is 32.2. The Labute approximate surface area is 143 Å². The van der Waals surface area contributed by atoms with Crippen LogP contribution in [0.15, 0.2) is 40.7 Å². The van der Waals surface area contributed by atoms with Crippen molar-refractivity contribution < 1.29 is 9.18 Å². The van der Waals surface area contributed by atoms with E-state index in [9.17, 15) is 9.18 Å². The molecule has 24 heavy (non-hydrogen) atoms. The first kappa shape index (κ1) is 15.4. The number of halogens is 1. The second-order valence-corrected chi connectivity index (χ2v) is 7.07. The molecule has 1 atom stereocenters. The number of aromatic nitrogens is 3. The number of nitrogens with zero attached hydrogens (tertiary/aromatic N) is 3. The molecule has 0 radical (unpaired) electrons. The Kier molecular flexibility index (Phi) is 3.88. The molecule has 1 aliphatic carbocycles. The number of ketones is 1. The van der Waals surface area contributed by atoms with Gasteiger partial charge < -0.3 is 5.32 Å². The zero-order valence-corrected chi connectivity index (χ0v) is 14.1. The minimum absolute atomic E-state index is 0.129. The molecule has 0 unspecified atom stereocenters. The fraction of sp³-hybridized carbons (Fsp3) is 0.353. The van der Waals surface area contributed by atoms with Crippen LogP contribution in [-0.4, -0.2) is 26.3 Å². The summed E-state index contributed by atoms with van der Waals surface area (Å²) in [4.78, 5) is 17.1. The lowest BCUT2D eigenvalue weighted by molar-refractivity contribution is -0.116. The molecule has 0 saturated heterocycles. The normalized spacial score (nSPS) is 19.8. The van der Waals surface area contributed by atoms with Crippen LogP contribution in [0.3, 0.4) is 0 Å². The predicted octanol–water partition coefficient (Wildman–Crippen LogP) is 3.55. The van der Waals surface area contributed by atoms with Crippen molar-refractivity contribution >= 4 is 23.5 Å². The van der Waals surface area contributed by atoms with Crippen LogP contribution in [0.5, 0.6) is 0 Å². The largest absolute Gasteiger partial charge is 0.328 e. The molecule has 0 spiro atoms. The Morgan fingerprint density at radius 3 is 2.88 bits per heavy atom. The molecular formula is C17H17FN4OS. The highest BCUT2D eigenvalue weighted by Gasteiger charge is 2.36. The van der Waals surface area contributed by atoms with E-state index in [1.807, 2.05) is 6.92 Å². The minimum Gasteiger partial charge on any atom is -0.328 e. The van der Waals surface area contributed by atoms with Gasteiger partial charge in [0, 0.05) is 17.7 Å². The topological polar surface area (TPSA) is 59.8 Å². The van der Waals surface area contributed by atoms with Gasteiger partial charge in [0.1, 0.15) is 11.9 Å². The van der Waals surface area contributed by atoms with E-state index >= 15 is 0 Å². The molecule has 1 aromatic carbocycles. The molecule has 124 valence electrons. The van der Waals surface area contributed by atoms with Crippen molar-refractivity contribution in [3.63, 3.8) is 0 Å². The summed E-state index contributed by atoms with van der Waals surface area (Å²) in [5.74, 6) is 1.35. The number of thioether (sulfide) groups is 1. The first-order valence-corrected chi connectivity index (χ1v) is 9.04. The second kappa shape index (κ2) is 6.05. The van der Waals surface area contributed by atoms with Crippen molar-refractivity contribution in [2.45, 2.75) is 37.4 Å². The van der Waals surface area contributed by atoms with E-state index in [4.69, 9.17) is 0 Å². The highest BCUT2D eigenvalue weighted by molar-refractivity contribution is 7.99. The standard InChI is InChI=1S/C17H17FN4OS/c1-2-24-17-20-16-19-12-4-3-5-13(23)14(12)15(22(16)21-17)10-6-8-11(18)9-7-10/h6-9,15H,2-5H2,1H3,(H,19,20,21)/t15-/m0/s1. The van der Waals surface area contributed by atoms with E-state index in [0.717, 1.165) is 35.4 Å². The van der Waals surface area contributed by atoms with Gasteiger partial charge in [0.25, 0.3) is 0 Å². The van der Waals surface area contributed by atoms with Crippen LogP contribution in [-0.2, 0) is 4.79 Å². The van der Waals surface area contributed by atoms with Crippen LogP contribution >= 0.6 is 11.8 Å². The quantitative estimate of drug-likeness (QED) is 0.863. The molecule has 5 nitrogen and oxygen atoms in total. The number of nitrogens with one attached hydrogen (secondary N) is 1. The average molecular weight is 344 g/mol. The van der Waals surface area contributed by atoms with Gasteiger partial charge in [-0.25, -0.2) is 9.07 Å². The lowest BCUT2D eigenvalue weighted by atomic mass is 9.85. The zero-order chi connectivity index (χ0) is 16.7. The van der Waals surface area contributed by atoms with E-state index in [1.165, 1.54) is 12.1 Å². The third-order valence-electron chi connectivity index (χ3n) is 4.31. The molecule has 2 aromatic rings. The van der Waals surface area contributed by atoms with E-state index in [-0.39, 0.29) is 17.6 Å². The minimum atomic E-state index is -0.344. The summed E-state index contributed by atoms with van der Waals surface area (Å²) >= 11 is 1.56. The smallest absolute Gasteiger partial charge is 0.227 e. The van der Waals surface area contributed by atoms with Crippen LogP contribution in [0.25, 0.3) is 0 Å². The first-order valence-electron chi connectivity index (χ1n) is 8.05. The molecule has 0 fully saturated rings. The Morgan fingerprint density at radius 2 is 2.12 bits per heavy atom. The third-order valence-corrected chi connectivity index (χ3v) is 5.03. The molecule has 4 rings (SSSR count). The lowest BCUT2D eigenvalue weighted by Gasteiger charge is -2.32. The summed E-state index contributed by atoms with van der Waals surface area (Å²) in [5, 5.41) is 8.53. The van der Waals surface area contributed by atoms with Crippen LogP contribution in [0.2, 0.25) is 0 Å². The van der Waals surface area contributed by atoms with Gasteiger partial charge in [0.05, 0.1) is 0 Å². The fourth-order valence-electron chi connectivity index (χ4n) is 3.28. The van der Waals surface area contributed by atoms with Crippen LogP contribution in [0, 0.1) is 5.82 Å². The lowest BCUT2D eigenvalue weighted by Crippen LogP contribution is -2.31. The van der Waals surface area contributed by atoms with Crippen LogP contribution in [0.4, 0.5) is 10.3 Å². The summed E-state index contributed by atoms with van der Waals surface area (Å²) in [6.07, 6.45) is 2.20. The third kappa shape index (κ3) is 2.53. The summed E-state index contributed by atoms with van der Waals surface area (Å²) in [6.45, 7) is 2.04. The van der Waals surface area contributed by atoms with Crippen molar-refractivity contribution in [3.05, 3.63) is 46.9 Å². The zero-order valence-electron chi connectivity index (χ0n) is 13.3. The summed E-state index contributed by atoms with van der Waals surface area (Å²) < 4.78 is 15.1. The average Bonchev–Trinajstić information content (AvgIpc) is 2.96. The molecule has 1 N–H and O–H groups in total. The number of Topliss-reactive ketones (excluding diaryl/α,β-unsaturated/α-hetero) is 1. The van der Waals surface area contributed by atoms with Gasteiger partial charge in [-0.05, 0) is 36.3 Å². The van der Waals surface area contributed by atoms with Gasteiger partial charge in [0.2, 0.25) is 11.1 Å². The first-order chi connectivity index (χ1) is 11.7. The number of carbonyl (C=O) groups is 1. The number of rotatable bonds is 3. The molecule has 0 amide bonds. The van der Waals surface area contributed by atoms with E-state index in [1.54, 1.807) is 28.6 Å². The molecule has 1 aromatic heterocycles. The molecule has 2 heterocycles. The van der Waals surface area contributed by atoms with Crippen molar-refractivity contribution in [2.24, 2.45) is 0 Å². The molecule has 0 bridgehead atoms. The van der Waals surface area contributed by atoms with E-state index in [2.05, 4.69) is 15.4 Å². The molecule has 0 saturated carbocycles. The Balaban J connectivity index is 1.87. The van der Waals surface area contributed by atoms with E-state index in [0.29, 0.717) is 17.5 Å². The number of allylic oxidation sites excluding steroid dienone is 2. The molecule has 7 heteroatoms. The monoisotopic (exact) mass is 344 g/mol. The predicted molar refractivity (Wildman–Crippen MR) is 90.5 cm³/mol. The van der Waals surface area contributed by atoms with Crippen LogP contribution in [0.1, 0.15) is 37.8 Å². The van der Waals surface area contributed by atoms with Gasteiger partial charge in [0.15, 0.2) is 5.78 Å². The number of hydrogen-bond acceptors (Lipinski definition) is 5. The summed E-state index contributed by atoms with van der Waals surface area (Å²) in [7, 11) is 0. The van der Waals surface area contributed by atoms with Crippen molar-refractivity contribution in [1.29, 1.82) is 0 Å². The Morgan fingerprint density at radius 1 is 1.33 bits per heavy atom. The Hall–Kier alpha value is -2.15. The molecular weight excluding hydrogens is 327 g/mol. The SMILES string of the molecule is CCSc1nc2n(n1)[C@@H](c1ccc(F)cc1)C1=C(CCCC1=O)N2. The maximum absolute atomic E-state index is 13.3. The Bertz CT molecular complexity index is 828. The van der Waals surface area contributed by atoms with Gasteiger partial charge in [-0.1, -0.05) is 30.8 Å². The number of anilines is 1. The maximum Gasteiger partial charge on any atom is 0.227 e. The number of fused-ring (bicyclic) bond motifs is 1. The molecule has 1 aliphatic heterocycles. The summed E-state index contributed by atoms with van der Waals surface area (Å²) in [5.41, 5.74) is 2.51. The van der Waals surface area contributed by atoms with E-state index < -0.39 is 0 Å². The van der Waals surface area contributed by atoms with Gasteiger partial charge in [-0.2, -0.15) is 4.98 Å². The molecule has 2 aliphatic rings. The number of hydrogen-bond donors (Lipinski definition) is 1. The van der Waals surface area contributed by atoms with Crippen molar-refractivity contribution in [2.75, 3.05) is 11.1 Å². The summed E-state index contributed by atoms with van der Waals surface area (Å²) in [6, 6.07) is 5.93. The van der Waals surface area contributed by atoms with Gasteiger partial charge >= 0.3 is 0 Å². The van der Waals surface area contributed by atoms with Crippen LogP contribution < -0.4 is 5.32 Å². The maximum atomic E-state index is 13.3. The highest BCUT2D eigenvalue weighted by Crippen LogP contribution is 2.40. The fourth-order valence-corrected chi connectivity index (χ4v) is 3.84. The second-order valence-electron chi connectivity index (χ2n) is 5.84. The number of carbonyl (C=O) groups excluding carboxylic acids is 1. The van der Waals surface area contributed by atoms with Crippen molar-refractivity contribution in [1.82, 2.24) is 14.8 Å². The number of benzene rings is 1. The van der Waals surface area contributed by atoms with Gasteiger partial charge in [-0.3, -0.25) is 4.79 Å². The van der Waals surface area contributed by atoms with Crippen molar-refractivity contribution in [3.8, 4) is 0 Å². The van der Waals surface area contributed by atoms with Gasteiger partial charge in [-0.15, -0.1) is 5.10 Å².